The van der Waals surface area contributed by atoms with E-state index in [0.29, 0.717) is 11.1 Å². The lowest BCUT2D eigenvalue weighted by atomic mass is 9.89. The van der Waals surface area contributed by atoms with Gasteiger partial charge in [0.05, 0.1) is 10.6 Å². The summed E-state index contributed by atoms with van der Waals surface area (Å²) in [6.45, 7) is 7.94. The molecule has 2 heterocycles. The summed E-state index contributed by atoms with van der Waals surface area (Å²) >= 11 is 2.93. The Labute approximate surface area is 149 Å². The van der Waals surface area contributed by atoms with Gasteiger partial charge in [0, 0.05) is 10.9 Å². The fourth-order valence-electron chi connectivity index (χ4n) is 3.01. The third kappa shape index (κ3) is 3.52. The van der Waals surface area contributed by atoms with Gasteiger partial charge in [-0.25, -0.2) is 4.98 Å². The number of amides is 1. The van der Waals surface area contributed by atoms with E-state index in [9.17, 15) is 9.59 Å². The summed E-state index contributed by atoms with van der Waals surface area (Å²) in [6.07, 6.45) is 3.12. The van der Waals surface area contributed by atoms with Crippen molar-refractivity contribution >= 4 is 39.2 Å². The molecule has 24 heavy (non-hydrogen) atoms. The van der Waals surface area contributed by atoms with E-state index in [-0.39, 0.29) is 22.8 Å². The maximum Gasteiger partial charge on any atom is 0.260 e. The molecule has 1 aliphatic carbocycles. The Bertz CT molecular complexity index is 825. The van der Waals surface area contributed by atoms with Gasteiger partial charge in [0.1, 0.15) is 4.83 Å². The maximum atomic E-state index is 12.5. The largest absolute Gasteiger partial charge is 0.353 e. The van der Waals surface area contributed by atoms with Crippen molar-refractivity contribution in [3.8, 4) is 0 Å². The van der Waals surface area contributed by atoms with Gasteiger partial charge in [0.2, 0.25) is 5.91 Å². The fraction of sp³-hybridized carbons (Fsp3) is 0.588. The number of hydrogen-bond acceptors (Lipinski definition) is 5. The van der Waals surface area contributed by atoms with Crippen molar-refractivity contribution in [3.63, 3.8) is 0 Å². The molecule has 2 N–H and O–H groups in total. The van der Waals surface area contributed by atoms with Gasteiger partial charge < -0.3 is 10.3 Å². The summed E-state index contributed by atoms with van der Waals surface area (Å²) in [4.78, 5) is 34.2. The number of H-pyrrole nitrogens is 1. The zero-order valence-electron chi connectivity index (χ0n) is 14.4. The van der Waals surface area contributed by atoms with E-state index >= 15 is 0 Å². The monoisotopic (exact) mass is 365 g/mol. The van der Waals surface area contributed by atoms with Crippen molar-refractivity contribution in [2.45, 2.75) is 63.4 Å². The number of thiophene rings is 1. The van der Waals surface area contributed by atoms with Gasteiger partial charge in [-0.1, -0.05) is 18.7 Å². The number of hydrogen-bond donors (Lipinski definition) is 2. The SMILES string of the molecule is CC(C)NC(=O)[C@@H](C)Sc1nc2sc3c(c2c(=O)[nH]1)CC[C@H](C)C3. The van der Waals surface area contributed by atoms with E-state index < -0.39 is 0 Å². The molecule has 1 aliphatic rings. The first-order chi connectivity index (χ1) is 11.3. The van der Waals surface area contributed by atoms with Gasteiger partial charge in [-0.2, -0.15) is 0 Å². The number of thioether (sulfide) groups is 1. The summed E-state index contributed by atoms with van der Waals surface area (Å²) in [5.41, 5.74) is 1.11. The van der Waals surface area contributed by atoms with Crippen LogP contribution in [0.3, 0.4) is 0 Å². The molecule has 1 amide bonds. The van der Waals surface area contributed by atoms with Crippen molar-refractivity contribution in [3.05, 3.63) is 20.8 Å². The number of aryl methyl sites for hydroxylation is 1. The molecule has 130 valence electrons. The van der Waals surface area contributed by atoms with Crippen LogP contribution < -0.4 is 10.9 Å². The van der Waals surface area contributed by atoms with E-state index in [1.54, 1.807) is 11.3 Å². The van der Waals surface area contributed by atoms with Crippen molar-refractivity contribution < 1.29 is 4.79 Å². The third-order valence-corrected chi connectivity index (χ3v) is 6.36. The first-order valence-corrected chi connectivity index (χ1v) is 10.1. The summed E-state index contributed by atoms with van der Waals surface area (Å²) in [5.74, 6) is 0.621. The number of aromatic nitrogens is 2. The molecule has 0 saturated carbocycles. The fourth-order valence-corrected chi connectivity index (χ4v) is 5.25. The van der Waals surface area contributed by atoms with E-state index in [0.717, 1.165) is 29.5 Å². The van der Waals surface area contributed by atoms with Crippen molar-refractivity contribution in [1.82, 2.24) is 15.3 Å². The predicted octanol–water partition coefficient (Wildman–Crippen LogP) is 3.11. The highest BCUT2D eigenvalue weighted by molar-refractivity contribution is 8.00. The smallest absolute Gasteiger partial charge is 0.260 e. The summed E-state index contributed by atoms with van der Waals surface area (Å²) in [7, 11) is 0. The molecule has 0 spiro atoms. The molecule has 0 fully saturated rings. The summed E-state index contributed by atoms with van der Waals surface area (Å²) < 4.78 is 0. The highest BCUT2D eigenvalue weighted by Crippen LogP contribution is 2.36. The molecule has 3 rings (SSSR count). The Morgan fingerprint density at radius 2 is 2.17 bits per heavy atom. The van der Waals surface area contributed by atoms with Crippen molar-refractivity contribution in [2.75, 3.05) is 0 Å². The van der Waals surface area contributed by atoms with Gasteiger partial charge in [-0.15, -0.1) is 11.3 Å². The predicted molar refractivity (Wildman–Crippen MR) is 100 cm³/mol. The number of carbonyl (C=O) groups excluding carboxylic acids is 1. The first-order valence-electron chi connectivity index (χ1n) is 8.36. The zero-order chi connectivity index (χ0) is 17.4. The first kappa shape index (κ1) is 17.5. The van der Waals surface area contributed by atoms with Crippen molar-refractivity contribution in [1.29, 1.82) is 0 Å². The van der Waals surface area contributed by atoms with Crippen LogP contribution in [0.4, 0.5) is 0 Å². The van der Waals surface area contributed by atoms with Crippen LogP contribution >= 0.6 is 23.1 Å². The summed E-state index contributed by atoms with van der Waals surface area (Å²) in [5, 5.41) is 3.85. The summed E-state index contributed by atoms with van der Waals surface area (Å²) in [6, 6.07) is 0.0982. The minimum absolute atomic E-state index is 0.0444. The molecule has 5 nitrogen and oxygen atoms in total. The standard InChI is InChI=1S/C17H23N3O2S2/c1-8(2)18-14(21)10(4)23-17-19-15(22)13-11-6-5-9(3)7-12(11)24-16(13)20-17/h8-10H,5-7H2,1-4H3,(H,18,21)(H,19,20,22)/t9-,10+/m0/s1. The Morgan fingerprint density at radius 1 is 1.42 bits per heavy atom. The minimum atomic E-state index is -0.303. The maximum absolute atomic E-state index is 12.5. The molecule has 7 heteroatoms. The molecule has 0 radical (unpaired) electrons. The lowest BCUT2D eigenvalue weighted by Gasteiger charge is -2.17. The molecule has 0 aliphatic heterocycles. The lowest BCUT2D eigenvalue weighted by molar-refractivity contribution is -0.120. The molecular formula is C17H23N3O2S2. The van der Waals surface area contributed by atoms with Gasteiger partial charge in [0.15, 0.2) is 5.16 Å². The van der Waals surface area contributed by atoms with Gasteiger partial charge in [-0.3, -0.25) is 9.59 Å². The third-order valence-electron chi connectivity index (χ3n) is 4.23. The van der Waals surface area contributed by atoms with Crippen LogP contribution in [0.25, 0.3) is 10.2 Å². The second kappa shape index (κ2) is 6.88. The van der Waals surface area contributed by atoms with Crippen LogP contribution in [-0.2, 0) is 17.6 Å². The number of rotatable bonds is 4. The van der Waals surface area contributed by atoms with E-state index in [1.165, 1.54) is 22.2 Å². The normalized spacial score (nSPS) is 18.6. The van der Waals surface area contributed by atoms with Crippen LogP contribution in [0.1, 0.15) is 44.6 Å². The molecule has 0 bridgehead atoms. The Kier molecular flexibility index (Phi) is 5.01. The quantitative estimate of drug-likeness (QED) is 0.645. The lowest BCUT2D eigenvalue weighted by Crippen LogP contribution is -2.36. The topological polar surface area (TPSA) is 74.8 Å². The van der Waals surface area contributed by atoms with Crippen LogP contribution in [-0.4, -0.2) is 27.2 Å². The van der Waals surface area contributed by atoms with Gasteiger partial charge in [0.25, 0.3) is 5.56 Å². The molecule has 2 atom stereocenters. The van der Waals surface area contributed by atoms with Crippen LogP contribution in [0.5, 0.6) is 0 Å². The highest BCUT2D eigenvalue weighted by Gasteiger charge is 2.24. The van der Waals surface area contributed by atoms with E-state index in [4.69, 9.17) is 0 Å². The average Bonchev–Trinajstić information content (AvgIpc) is 2.83. The molecular weight excluding hydrogens is 342 g/mol. The number of nitrogens with one attached hydrogen (secondary N) is 2. The zero-order valence-corrected chi connectivity index (χ0v) is 16.1. The van der Waals surface area contributed by atoms with Gasteiger partial charge in [-0.05, 0) is 51.5 Å². The van der Waals surface area contributed by atoms with Crippen LogP contribution in [0.2, 0.25) is 0 Å². The second-order valence-electron chi connectivity index (χ2n) is 6.83. The highest BCUT2D eigenvalue weighted by atomic mass is 32.2. The number of aromatic amines is 1. The molecule has 0 saturated heterocycles. The average molecular weight is 366 g/mol. The van der Waals surface area contributed by atoms with Crippen molar-refractivity contribution in [2.24, 2.45) is 5.92 Å². The molecule has 0 unspecified atom stereocenters. The Morgan fingerprint density at radius 3 is 2.88 bits per heavy atom. The second-order valence-corrected chi connectivity index (χ2v) is 9.24. The number of fused-ring (bicyclic) bond motifs is 3. The van der Waals surface area contributed by atoms with Crippen LogP contribution in [0, 0.1) is 5.92 Å². The number of nitrogens with zero attached hydrogens (tertiary/aromatic N) is 1. The minimum Gasteiger partial charge on any atom is -0.353 e. The molecule has 2 aromatic heterocycles. The Hall–Kier alpha value is -1.34. The van der Waals surface area contributed by atoms with Gasteiger partial charge >= 0.3 is 0 Å². The number of carbonyl (C=O) groups is 1. The Balaban J connectivity index is 1.89. The molecule has 0 aromatic carbocycles. The van der Waals surface area contributed by atoms with E-state index in [2.05, 4.69) is 22.2 Å². The van der Waals surface area contributed by atoms with E-state index in [1.807, 2.05) is 20.8 Å². The van der Waals surface area contributed by atoms with Crippen LogP contribution in [0.15, 0.2) is 9.95 Å². The molecule has 2 aromatic rings.